The minimum atomic E-state index is -3.58. The smallest absolute Gasteiger partial charge is 0.240 e. The van der Waals surface area contributed by atoms with Crippen molar-refractivity contribution in [1.82, 2.24) is 4.72 Å². The Hall–Kier alpha value is -1.11. The van der Waals surface area contributed by atoms with Crippen LogP contribution >= 0.6 is 0 Å². The molecule has 0 bridgehead atoms. The van der Waals surface area contributed by atoms with Gasteiger partial charge >= 0.3 is 0 Å². The number of aliphatic hydroxyl groups excluding tert-OH is 1. The first-order chi connectivity index (χ1) is 9.72. The molecule has 4 N–H and O–H groups in total. The van der Waals surface area contributed by atoms with Crippen molar-refractivity contribution in [2.24, 2.45) is 5.41 Å². The molecule has 0 aliphatic rings. The van der Waals surface area contributed by atoms with Crippen molar-refractivity contribution in [2.75, 3.05) is 18.9 Å². The number of nitrogen functional groups attached to an aromatic ring is 1. The lowest BCUT2D eigenvalue weighted by Gasteiger charge is -2.25. The van der Waals surface area contributed by atoms with Gasteiger partial charge in [-0.2, -0.15) is 0 Å². The van der Waals surface area contributed by atoms with Crippen molar-refractivity contribution in [3.63, 3.8) is 0 Å². The highest BCUT2D eigenvalue weighted by atomic mass is 32.2. The van der Waals surface area contributed by atoms with E-state index >= 15 is 0 Å². The molecule has 0 aliphatic carbocycles. The summed E-state index contributed by atoms with van der Waals surface area (Å²) >= 11 is 0. The van der Waals surface area contributed by atoms with Gasteiger partial charge in [-0.3, -0.25) is 0 Å². The van der Waals surface area contributed by atoms with Crippen LogP contribution in [0.4, 0.5) is 5.69 Å². The first-order valence-corrected chi connectivity index (χ1v) is 8.69. The van der Waals surface area contributed by atoms with Crippen LogP contribution in [-0.4, -0.2) is 26.7 Å². The van der Waals surface area contributed by atoms with Gasteiger partial charge < -0.3 is 10.8 Å². The van der Waals surface area contributed by atoms with Crippen LogP contribution in [0.1, 0.15) is 39.2 Å². The second-order valence-corrected chi connectivity index (χ2v) is 7.77. The number of nitrogens with one attached hydrogen (secondary N) is 1. The molecule has 0 unspecified atom stereocenters. The predicted molar refractivity (Wildman–Crippen MR) is 85.5 cm³/mol. The van der Waals surface area contributed by atoms with Crippen molar-refractivity contribution in [2.45, 2.75) is 44.9 Å². The first kappa shape index (κ1) is 17.9. The van der Waals surface area contributed by atoms with E-state index in [1.165, 1.54) is 6.07 Å². The van der Waals surface area contributed by atoms with E-state index in [0.29, 0.717) is 25.1 Å². The van der Waals surface area contributed by atoms with Crippen molar-refractivity contribution in [3.05, 3.63) is 23.8 Å². The molecule has 1 aromatic rings. The molecule has 0 saturated heterocycles. The van der Waals surface area contributed by atoms with Crippen molar-refractivity contribution < 1.29 is 13.5 Å². The Bertz CT molecular complexity index is 568. The van der Waals surface area contributed by atoms with Crippen LogP contribution in [0.2, 0.25) is 0 Å². The summed E-state index contributed by atoms with van der Waals surface area (Å²) in [5, 5.41) is 8.88. The Morgan fingerprint density at radius 1 is 1.33 bits per heavy atom. The lowest BCUT2D eigenvalue weighted by atomic mass is 9.88. The molecule has 0 fully saturated rings. The molecule has 0 radical (unpaired) electrons. The summed E-state index contributed by atoms with van der Waals surface area (Å²) in [4.78, 5) is 0.253. The van der Waals surface area contributed by atoms with E-state index in [1.807, 2.05) is 20.8 Å². The third-order valence-corrected chi connectivity index (χ3v) is 5.00. The summed E-state index contributed by atoms with van der Waals surface area (Å²) in [6.45, 7) is 6.31. The van der Waals surface area contributed by atoms with Gasteiger partial charge in [-0.15, -0.1) is 0 Å². The van der Waals surface area contributed by atoms with Gasteiger partial charge in [-0.1, -0.05) is 26.8 Å². The molecule has 0 aliphatic heterocycles. The number of sulfonamides is 1. The Morgan fingerprint density at radius 3 is 2.57 bits per heavy atom. The molecule has 0 aromatic heterocycles. The minimum Gasteiger partial charge on any atom is -0.399 e. The number of rotatable bonds is 8. The highest BCUT2D eigenvalue weighted by Crippen LogP contribution is 2.24. The fraction of sp³-hybridized carbons (Fsp3) is 0.600. The van der Waals surface area contributed by atoms with Crippen LogP contribution < -0.4 is 10.5 Å². The molecule has 0 atom stereocenters. The summed E-state index contributed by atoms with van der Waals surface area (Å²) in [6, 6.07) is 4.96. The largest absolute Gasteiger partial charge is 0.399 e. The highest BCUT2D eigenvalue weighted by molar-refractivity contribution is 7.89. The van der Waals surface area contributed by atoms with E-state index in [4.69, 9.17) is 10.8 Å². The van der Waals surface area contributed by atoms with Crippen LogP contribution in [0.5, 0.6) is 0 Å². The third kappa shape index (κ3) is 5.30. The molecule has 120 valence electrons. The molecule has 1 aromatic carbocycles. The van der Waals surface area contributed by atoms with Gasteiger partial charge in [0.2, 0.25) is 10.0 Å². The molecule has 0 saturated carbocycles. The molecular formula is C15H26N2O3S. The van der Waals surface area contributed by atoms with E-state index in [-0.39, 0.29) is 16.9 Å². The number of benzene rings is 1. The maximum absolute atomic E-state index is 12.5. The van der Waals surface area contributed by atoms with Crippen LogP contribution in [-0.2, 0) is 16.4 Å². The Kier molecular flexibility index (Phi) is 6.19. The Morgan fingerprint density at radius 2 is 2.00 bits per heavy atom. The molecule has 5 nitrogen and oxygen atoms in total. The zero-order chi connectivity index (χ0) is 16.1. The number of aliphatic hydroxyl groups is 1. The van der Waals surface area contributed by atoms with Crippen molar-refractivity contribution >= 4 is 15.7 Å². The van der Waals surface area contributed by atoms with Crippen molar-refractivity contribution in [1.29, 1.82) is 0 Å². The molecule has 0 heterocycles. The molecule has 6 heteroatoms. The summed E-state index contributed by atoms with van der Waals surface area (Å²) in [6.07, 6.45) is 2.04. The van der Waals surface area contributed by atoms with Gasteiger partial charge in [0.15, 0.2) is 0 Å². The van der Waals surface area contributed by atoms with Gasteiger partial charge in [0.05, 0.1) is 4.90 Å². The van der Waals surface area contributed by atoms with Crippen molar-refractivity contribution in [3.8, 4) is 0 Å². The van der Waals surface area contributed by atoms with Gasteiger partial charge in [0, 0.05) is 18.8 Å². The zero-order valence-electron chi connectivity index (χ0n) is 13.0. The third-order valence-electron chi connectivity index (χ3n) is 3.51. The normalized spacial score (nSPS) is 12.6. The fourth-order valence-corrected chi connectivity index (χ4v) is 3.71. The molecule has 0 amide bonds. The van der Waals surface area contributed by atoms with Crippen LogP contribution in [0, 0.1) is 5.41 Å². The molecule has 0 spiro atoms. The van der Waals surface area contributed by atoms with E-state index in [0.717, 1.165) is 12.0 Å². The van der Waals surface area contributed by atoms with E-state index in [1.54, 1.807) is 12.1 Å². The quantitative estimate of drug-likeness (QED) is 0.639. The standard InChI is InChI=1S/C15H26N2O3S/c1-4-12-6-7-13(16)10-14(12)21(19,20)17-11-15(2,3)8-5-9-18/h6-7,10,17-18H,4-5,8-9,11,16H2,1-3H3. The van der Waals surface area contributed by atoms with E-state index in [2.05, 4.69) is 4.72 Å². The monoisotopic (exact) mass is 314 g/mol. The average molecular weight is 314 g/mol. The fourth-order valence-electron chi connectivity index (χ4n) is 2.13. The topological polar surface area (TPSA) is 92.4 Å². The maximum Gasteiger partial charge on any atom is 0.240 e. The first-order valence-electron chi connectivity index (χ1n) is 7.21. The van der Waals surface area contributed by atoms with Crippen LogP contribution in [0.15, 0.2) is 23.1 Å². The Labute approximate surface area is 127 Å². The highest BCUT2D eigenvalue weighted by Gasteiger charge is 2.23. The lowest BCUT2D eigenvalue weighted by Crippen LogP contribution is -2.34. The van der Waals surface area contributed by atoms with Gasteiger partial charge in [0.25, 0.3) is 0 Å². The van der Waals surface area contributed by atoms with Gasteiger partial charge in [-0.25, -0.2) is 13.1 Å². The van der Waals surface area contributed by atoms with Crippen LogP contribution in [0.25, 0.3) is 0 Å². The second-order valence-electron chi connectivity index (χ2n) is 6.04. The average Bonchev–Trinajstić information content (AvgIpc) is 2.43. The minimum absolute atomic E-state index is 0.116. The van der Waals surface area contributed by atoms with E-state index < -0.39 is 10.0 Å². The maximum atomic E-state index is 12.5. The number of hydrogen-bond acceptors (Lipinski definition) is 4. The molecular weight excluding hydrogens is 288 g/mol. The lowest BCUT2D eigenvalue weighted by molar-refractivity contribution is 0.242. The predicted octanol–water partition coefficient (Wildman–Crippen LogP) is 1.91. The number of nitrogens with two attached hydrogens (primary N) is 1. The van der Waals surface area contributed by atoms with Crippen LogP contribution in [0.3, 0.4) is 0 Å². The number of aryl methyl sites for hydroxylation is 1. The summed E-state index contributed by atoms with van der Waals surface area (Å²) in [7, 11) is -3.58. The zero-order valence-corrected chi connectivity index (χ0v) is 13.8. The van der Waals surface area contributed by atoms with Gasteiger partial charge in [0.1, 0.15) is 0 Å². The number of hydrogen-bond donors (Lipinski definition) is 3. The summed E-state index contributed by atoms with van der Waals surface area (Å²) < 4.78 is 27.6. The summed E-state index contributed by atoms with van der Waals surface area (Å²) in [5.41, 5.74) is 6.69. The molecule has 21 heavy (non-hydrogen) atoms. The van der Waals surface area contributed by atoms with E-state index in [9.17, 15) is 8.42 Å². The number of anilines is 1. The SMILES string of the molecule is CCc1ccc(N)cc1S(=O)(=O)NCC(C)(C)CCCO. The second kappa shape index (κ2) is 7.24. The Balaban J connectivity index is 2.90. The van der Waals surface area contributed by atoms with Gasteiger partial charge in [-0.05, 0) is 42.4 Å². The summed E-state index contributed by atoms with van der Waals surface area (Å²) in [5.74, 6) is 0. The molecule has 1 rings (SSSR count).